The van der Waals surface area contributed by atoms with Gasteiger partial charge in [-0.1, -0.05) is 48.7 Å². The van der Waals surface area contributed by atoms with E-state index >= 15 is 0 Å². The van der Waals surface area contributed by atoms with Gasteiger partial charge >= 0.3 is 5.97 Å². The fourth-order valence-electron chi connectivity index (χ4n) is 5.58. The summed E-state index contributed by atoms with van der Waals surface area (Å²) in [6.45, 7) is 2.55. The van der Waals surface area contributed by atoms with Gasteiger partial charge in [0.15, 0.2) is 4.90 Å². The van der Waals surface area contributed by atoms with Crippen molar-refractivity contribution in [3.63, 3.8) is 0 Å². The van der Waals surface area contributed by atoms with E-state index in [0.29, 0.717) is 32.3 Å². The number of carbonyl (C=O) groups is 1. The molecule has 0 amide bonds. The molecule has 238 valence electrons. The molecule has 48 heavy (non-hydrogen) atoms. The summed E-state index contributed by atoms with van der Waals surface area (Å²) >= 11 is 17.4. The molecule has 2 N–H and O–H groups in total. The Morgan fingerprint density at radius 3 is 2.56 bits per heavy atom. The van der Waals surface area contributed by atoms with Crippen LogP contribution in [0.2, 0.25) is 0 Å². The Bertz CT molecular complexity index is 2320. The predicted molar refractivity (Wildman–Crippen MR) is 209 cm³/mol. The third kappa shape index (κ3) is 6.64. The maximum Gasteiger partial charge on any atom is 0.336 e. The molecule has 0 fully saturated rings. The highest BCUT2D eigenvalue weighted by Crippen LogP contribution is 2.45. The van der Waals surface area contributed by atoms with Crippen molar-refractivity contribution in [2.75, 3.05) is 11.9 Å². The van der Waals surface area contributed by atoms with Crippen molar-refractivity contribution >= 4 is 102 Å². The number of thiocarbonyl (C=S) groups is 1. The smallest absolute Gasteiger partial charge is 0.336 e. The van der Waals surface area contributed by atoms with Gasteiger partial charge in [-0.3, -0.25) is 0 Å². The number of ether oxygens (including phenoxy) is 1. The number of thiol groups is 1. The Hall–Kier alpha value is -3.68. The number of carboxylic acids is 1. The summed E-state index contributed by atoms with van der Waals surface area (Å²) in [6, 6.07) is 30.0. The Balaban J connectivity index is 1.16. The molecule has 4 aromatic carbocycles. The standard InChI is InChI=1S/C37H25NO4S6/c1-20-14-15-42-32-19-26(9-13-27(20)32)48(41)47-25-7-2-21(3-8-25)36(45)38-22-4-10-28(37(39)40)31(16-22)35-29-11-5-23(43)17-33(29)46-34-18-24(44)6-12-30(34)35/h2-14,16-19,43H,15H2,1H3,(H,38,45)(H,39,40). The second kappa shape index (κ2) is 13.7. The summed E-state index contributed by atoms with van der Waals surface area (Å²) in [4.78, 5) is 16.3. The van der Waals surface area contributed by atoms with Gasteiger partial charge in [-0.2, -0.15) is 0 Å². The van der Waals surface area contributed by atoms with E-state index in [-0.39, 0.29) is 5.56 Å². The number of aromatic carboxylic acids is 1. The number of carboxylic acid groups (broad SMARTS) is 1. The first-order valence-electron chi connectivity index (χ1n) is 14.7. The molecule has 2 aliphatic heterocycles. The first-order chi connectivity index (χ1) is 23.1. The number of hydrogen-bond acceptors (Lipinski definition) is 8. The van der Waals surface area contributed by atoms with Crippen LogP contribution >= 0.6 is 59.2 Å². The Kier molecular flexibility index (Phi) is 9.36. The number of allylic oxidation sites excluding steroid dienone is 1. The number of anilines is 1. The maximum atomic E-state index is 13.2. The SMILES string of the molecule is CC1=CCOc2cc([S+]([O-])Sc3ccc(C(=S)Nc4ccc(C(=O)O)c(-c5c6ccc(=S)cc-6sc6cc(S)ccc56)c4)cc3)ccc21. The van der Waals surface area contributed by atoms with Gasteiger partial charge in [0.05, 0.1) is 20.7 Å². The zero-order valence-corrected chi connectivity index (χ0v) is 30.2. The zero-order valence-electron chi connectivity index (χ0n) is 25.2. The minimum atomic E-state index is -1.33. The quantitative estimate of drug-likeness (QED) is 0.0491. The number of hydrogen-bond donors (Lipinski definition) is 3. The minimum Gasteiger partial charge on any atom is -0.600 e. The van der Waals surface area contributed by atoms with Crippen molar-refractivity contribution in [3.05, 3.63) is 124 Å². The highest BCUT2D eigenvalue weighted by atomic mass is 33.1. The van der Waals surface area contributed by atoms with Gasteiger partial charge in [0.2, 0.25) is 0 Å². The lowest BCUT2D eigenvalue weighted by atomic mass is 9.91. The van der Waals surface area contributed by atoms with Crippen LogP contribution < -0.4 is 10.1 Å². The normalized spacial score (nSPS) is 13.0. The Labute approximate surface area is 304 Å². The topological polar surface area (TPSA) is 81.6 Å². The highest BCUT2D eigenvalue weighted by Gasteiger charge is 2.22. The van der Waals surface area contributed by atoms with Gasteiger partial charge in [-0.15, -0.1) is 24.0 Å². The fourth-order valence-corrected chi connectivity index (χ4v) is 9.92. The molecule has 0 saturated heterocycles. The molecule has 11 heteroatoms. The largest absolute Gasteiger partial charge is 0.600 e. The van der Waals surface area contributed by atoms with E-state index in [9.17, 15) is 14.5 Å². The summed E-state index contributed by atoms with van der Waals surface area (Å²) in [5.41, 5.74) is 6.05. The van der Waals surface area contributed by atoms with Gasteiger partial charge < -0.3 is 19.7 Å². The molecular formula is C37H25NO4S6. The summed E-state index contributed by atoms with van der Waals surface area (Å²) in [5, 5.41) is 14.4. The van der Waals surface area contributed by atoms with Crippen LogP contribution in [0.1, 0.15) is 28.4 Å². The molecule has 0 radical (unpaired) electrons. The molecule has 0 saturated carbocycles. The lowest BCUT2D eigenvalue weighted by molar-refractivity contribution is 0.0697. The molecule has 2 heterocycles. The number of rotatable bonds is 7. The molecule has 1 aliphatic carbocycles. The molecular weight excluding hydrogens is 715 g/mol. The molecule has 1 atom stereocenters. The highest BCUT2D eigenvalue weighted by molar-refractivity contribution is 8.72. The monoisotopic (exact) mass is 739 g/mol. The van der Waals surface area contributed by atoms with Crippen molar-refractivity contribution in [2.24, 2.45) is 0 Å². The van der Waals surface area contributed by atoms with Crippen molar-refractivity contribution in [3.8, 4) is 27.3 Å². The van der Waals surface area contributed by atoms with Crippen molar-refractivity contribution in [1.29, 1.82) is 0 Å². The van der Waals surface area contributed by atoms with E-state index in [0.717, 1.165) is 58.3 Å². The molecule has 1 unspecified atom stereocenters. The van der Waals surface area contributed by atoms with Crippen LogP contribution in [0.3, 0.4) is 0 Å². The Morgan fingerprint density at radius 1 is 0.979 bits per heavy atom. The lowest BCUT2D eigenvalue weighted by Crippen LogP contribution is -2.11. The summed E-state index contributed by atoms with van der Waals surface area (Å²) in [6.07, 6.45) is 2.03. The average molecular weight is 740 g/mol. The van der Waals surface area contributed by atoms with Crippen molar-refractivity contribution in [1.82, 2.24) is 0 Å². The fraction of sp³-hybridized carbons (Fsp3) is 0.0541. The molecule has 3 aliphatic rings. The van der Waals surface area contributed by atoms with Gasteiger partial charge in [0, 0.05) is 52.8 Å². The first kappa shape index (κ1) is 32.8. The zero-order chi connectivity index (χ0) is 33.5. The van der Waals surface area contributed by atoms with Crippen LogP contribution in [-0.4, -0.2) is 27.2 Å². The van der Waals surface area contributed by atoms with Crippen LogP contribution in [0.5, 0.6) is 5.75 Å². The van der Waals surface area contributed by atoms with Crippen molar-refractivity contribution in [2.45, 2.75) is 21.6 Å². The van der Waals surface area contributed by atoms with E-state index in [2.05, 4.69) is 17.9 Å². The van der Waals surface area contributed by atoms with Crippen LogP contribution in [0.4, 0.5) is 5.69 Å². The van der Waals surface area contributed by atoms with E-state index in [4.69, 9.17) is 29.2 Å². The van der Waals surface area contributed by atoms with Crippen LogP contribution in [0.15, 0.2) is 118 Å². The third-order valence-electron chi connectivity index (χ3n) is 7.94. The number of fused-ring (bicyclic) bond motifs is 3. The van der Waals surface area contributed by atoms with Gasteiger partial charge in [-0.05, 0) is 96.4 Å². The second-order valence-electron chi connectivity index (χ2n) is 11.0. The Morgan fingerprint density at radius 2 is 1.77 bits per heavy atom. The molecule has 0 spiro atoms. The lowest BCUT2D eigenvalue weighted by Gasteiger charge is -2.19. The van der Waals surface area contributed by atoms with E-state index < -0.39 is 16.2 Å². The number of benzene rings is 5. The average Bonchev–Trinajstić information content (AvgIpc) is 3.07. The van der Waals surface area contributed by atoms with E-state index in [1.54, 1.807) is 23.5 Å². The van der Waals surface area contributed by atoms with Crippen LogP contribution in [0.25, 0.3) is 37.2 Å². The van der Waals surface area contributed by atoms with E-state index in [1.807, 2.05) is 97.9 Å². The molecule has 0 bridgehead atoms. The maximum absolute atomic E-state index is 13.2. The molecule has 7 rings (SSSR count). The molecule has 4 aromatic rings. The van der Waals surface area contributed by atoms with Gasteiger partial charge in [0.25, 0.3) is 0 Å². The predicted octanol–water partition coefficient (Wildman–Crippen LogP) is 10.8. The molecule has 5 nitrogen and oxygen atoms in total. The van der Waals surface area contributed by atoms with Crippen LogP contribution in [0, 0.1) is 4.51 Å². The minimum absolute atomic E-state index is 0.175. The summed E-state index contributed by atoms with van der Waals surface area (Å²) in [5.74, 6) is -0.279. The first-order valence-corrected chi connectivity index (χ1v) is 19.2. The van der Waals surface area contributed by atoms with Crippen LogP contribution in [-0.2, 0) is 10.2 Å². The summed E-state index contributed by atoms with van der Waals surface area (Å²) < 4.78 is 20.6. The summed E-state index contributed by atoms with van der Waals surface area (Å²) in [7, 11) is -0.0793. The van der Waals surface area contributed by atoms with Gasteiger partial charge in [0.1, 0.15) is 28.1 Å². The van der Waals surface area contributed by atoms with Gasteiger partial charge in [-0.25, -0.2) is 4.79 Å². The van der Waals surface area contributed by atoms with Crippen molar-refractivity contribution < 1.29 is 19.2 Å². The number of nitrogens with one attached hydrogen (secondary N) is 1. The second-order valence-corrected chi connectivity index (χ2v) is 16.5. The van der Waals surface area contributed by atoms with E-state index in [1.165, 1.54) is 10.8 Å². The molecule has 0 aromatic heterocycles. The third-order valence-corrected chi connectivity index (χ3v) is 12.8.